The van der Waals surface area contributed by atoms with Gasteiger partial charge < -0.3 is 5.11 Å². The van der Waals surface area contributed by atoms with E-state index in [-0.39, 0.29) is 6.10 Å². The van der Waals surface area contributed by atoms with Gasteiger partial charge in [0.1, 0.15) is 0 Å². The normalized spacial score (nSPS) is 30.2. The van der Waals surface area contributed by atoms with E-state index in [0.717, 1.165) is 17.3 Å². The van der Waals surface area contributed by atoms with E-state index >= 15 is 0 Å². The number of thiazole rings is 1. The van der Waals surface area contributed by atoms with E-state index < -0.39 is 0 Å². The molecule has 0 amide bonds. The summed E-state index contributed by atoms with van der Waals surface area (Å²) in [4.78, 5) is 4.15. The molecule has 0 saturated heterocycles. The Morgan fingerprint density at radius 2 is 2.58 bits per heavy atom. The molecular formula is C9H13NOS. The van der Waals surface area contributed by atoms with E-state index in [0.29, 0.717) is 5.92 Å². The van der Waals surface area contributed by atoms with Gasteiger partial charge in [0, 0.05) is 18.0 Å². The van der Waals surface area contributed by atoms with Crippen LogP contribution in [0.3, 0.4) is 0 Å². The molecule has 1 aromatic rings. The van der Waals surface area contributed by atoms with Gasteiger partial charge in [-0.3, -0.25) is 0 Å². The summed E-state index contributed by atoms with van der Waals surface area (Å²) in [5.41, 5.74) is 0. The van der Waals surface area contributed by atoms with Gasteiger partial charge in [0.05, 0.1) is 11.1 Å². The summed E-state index contributed by atoms with van der Waals surface area (Å²) in [5.74, 6) is 1.26. The molecule has 0 aliphatic heterocycles. The van der Waals surface area contributed by atoms with Gasteiger partial charge in [-0.1, -0.05) is 6.92 Å². The minimum absolute atomic E-state index is 0.161. The predicted molar refractivity (Wildman–Crippen MR) is 49.1 cm³/mol. The Bertz CT molecular complexity index is 247. The number of hydrogen-bond donors (Lipinski definition) is 1. The van der Waals surface area contributed by atoms with E-state index in [9.17, 15) is 5.11 Å². The van der Waals surface area contributed by atoms with Crippen molar-refractivity contribution in [3.63, 3.8) is 0 Å². The van der Waals surface area contributed by atoms with Crippen LogP contribution in [0.4, 0.5) is 0 Å². The molecule has 2 rings (SSSR count). The van der Waals surface area contributed by atoms with Gasteiger partial charge >= 0.3 is 0 Å². The second-order valence-electron chi connectivity index (χ2n) is 3.57. The van der Waals surface area contributed by atoms with Gasteiger partial charge in [0.25, 0.3) is 0 Å². The van der Waals surface area contributed by atoms with Crippen LogP contribution >= 0.6 is 11.3 Å². The maximum absolute atomic E-state index is 9.70. The maximum atomic E-state index is 9.70. The number of aliphatic hydroxyl groups excluding tert-OH is 1. The number of aromatic nitrogens is 1. The first-order valence-electron chi connectivity index (χ1n) is 4.34. The number of hydrogen-bond acceptors (Lipinski definition) is 3. The Balaban J connectivity index is 1.87. The highest BCUT2D eigenvalue weighted by Gasteiger charge is 2.38. The molecule has 1 aliphatic carbocycles. The fourth-order valence-electron chi connectivity index (χ4n) is 1.57. The minimum atomic E-state index is -0.161. The van der Waals surface area contributed by atoms with Gasteiger partial charge in [0.2, 0.25) is 0 Å². The van der Waals surface area contributed by atoms with Crippen LogP contribution in [0.5, 0.6) is 0 Å². The Morgan fingerprint density at radius 1 is 1.83 bits per heavy atom. The fraction of sp³-hybridized carbons (Fsp3) is 0.667. The van der Waals surface area contributed by atoms with Crippen LogP contribution < -0.4 is 0 Å². The van der Waals surface area contributed by atoms with Gasteiger partial charge in [-0.15, -0.1) is 11.3 Å². The summed E-state index contributed by atoms with van der Waals surface area (Å²) in [6.45, 7) is 2.19. The largest absolute Gasteiger partial charge is 0.392 e. The van der Waals surface area contributed by atoms with Crippen LogP contribution in [0, 0.1) is 11.8 Å². The highest BCUT2D eigenvalue weighted by Crippen LogP contribution is 2.41. The lowest BCUT2D eigenvalue weighted by molar-refractivity contribution is 0.146. The van der Waals surface area contributed by atoms with Crippen molar-refractivity contribution in [3.8, 4) is 0 Å². The van der Waals surface area contributed by atoms with Crippen LogP contribution in [0.25, 0.3) is 0 Å². The quantitative estimate of drug-likeness (QED) is 0.773. The van der Waals surface area contributed by atoms with Gasteiger partial charge in [-0.05, 0) is 18.3 Å². The molecule has 3 heteroatoms. The van der Waals surface area contributed by atoms with Crippen LogP contribution in [0.2, 0.25) is 0 Å². The smallest absolute Gasteiger partial charge is 0.0950 e. The van der Waals surface area contributed by atoms with Crippen molar-refractivity contribution in [1.29, 1.82) is 0 Å². The molecule has 66 valence electrons. The molecule has 2 nitrogen and oxygen atoms in total. The van der Waals surface area contributed by atoms with E-state index in [4.69, 9.17) is 0 Å². The third-order valence-electron chi connectivity index (χ3n) is 2.53. The number of aliphatic hydroxyl groups is 1. The monoisotopic (exact) mass is 183 g/mol. The molecule has 1 aromatic heterocycles. The molecule has 0 aromatic carbocycles. The van der Waals surface area contributed by atoms with Crippen LogP contribution in [-0.4, -0.2) is 16.2 Å². The van der Waals surface area contributed by atoms with Crippen molar-refractivity contribution in [3.05, 3.63) is 16.6 Å². The molecule has 1 aliphatic rings. The van der Waals surface area contributed by atoms with Crippen molar-refractivity contribution < 1.29 is 5.11 Å². The lowest BCUT2D eigenvalue weighted by Gasteiger charge is -2.06. The summed E-state index contributed by atoms with van der Waals surface area (Å²) in [6, 6.07) is 0. The molecule has 1 N–H and O–H groups in total. The van der Waals surface area contributed by atoms with Gasteiger partial charge in [0.15, 0.2) is 0 Å². The Hall–Kier alpha value is -0.410. The third kappa shape index (κ3) is 1.67. The van der Waals surface area contributed by atoms with Crippen molar-refractivity contribution in [2.75, 3.05) is 0 Å². The SMILES string of the molecule is CC1CC1C(O)Cc1nccs1. The molecule has 3 atom stereocenters. The molecule has 12 heavy (non-hydrogen) atoms. The average Bonchev–Trinajstić information content (AvgIpc) is 2.58. The standard InChI is InChI=1S/C9H13NOS/c1-6-4-7(6)8(11)5-9-10-2-3-12-9/h2-3,6-8,11H,4-5H2,1H3. The van der Waals surface area contributed by atoms with E-state index in [1.165, 1.54) is 6.42 Å². The first-order chi connectivity index (χ1) is 5.77. The molecule has 0 spiro atoms. The van der Waals surface area contributed by atoms with Crippen molar-refractivity contribution in [2.24, 2.45) is 11.8 Å². The molecule has 1 saturated carbocycles. The van der Waals surface area contributed by atoms with E-state index in [2.05, 4.69) is 11.9 Å². The highest BCUT2D eigenvalue weighted by atomic mass is 32.1. The first-order valence-corrected chi connectivity index (χ1v) is 5.22. The second-order valence-corrected chi connectivity index (χ2v) is 4.55. The highest BCUT2D eigenvalue weighted by molar-refractivity contribution is 7.09. The molecule has 0 radical (unpaired) electrons. The van der Waals surface area contributed by atoms with Crippen LogP contribution in [0.1, 0.15) is 18.4 Å². The second kappa shape index (κ2) is 3.15. The maximum Gasteiger partial charge on any atom is 0.0950 e. The Morgan fingerprint density at radius 3 is 3.08 bits per heavy atom. The zero-order chi connectivity index (χ0) is 8.55. The molecular weight excluding hydrogens is 170 g/mol. The molecule has 0 bridgehead atoms. The van der Waals surface area contributed by atoms with Crippen LogP contribution in [0.15, 0.2) is 11.6 Å². The molecule has 1 heterocycles. The zero-order valence-corrected chi connectivity index (χ0v) is 7.92. The van der Waals surface area contributed by atoms with Gasteiger partial charge in [-0.25, -0.2) is 4.98 Å². The lowest BCUT2D eigenvalue weighted by atomic mass is 10.1. The number of nitrogens with zero attached hydrogens (tertiary/aromatic N) is 1. The first kappa shape index (κ1) is 8.20. The molecule has 3 unspecified atom stereocenters. The summed E-state index contributed by atoms with van der Waals surface area (Å²) in [7, 11) is 0. The Kier molecular flexibility index (Phi) is 2.15. The third-order valence-corrected chi connectivity index (χ3v) is 3.34. The minimum Gasteiger partial charge on any atom is -0.392 e. The zero-order valence-electron chi connectivity index (χ0n) is 7.10. The van der Waals surface area contributed by atoms with Crippen molar-refractivity contribution >= 4 is 11.3 Å². The predicted octanol–water partition coefficient (Wildman–Crippen LogP) is 1.70. The van der Waals surface area contributed by atoms with Crippen molar-refractivity contribution in [2.45, 2.75) is 25.9 Å². The topological polar surface area (TPSA) is 33.1 Å². The summed E-state index contributed by atoms with van der Waals surface area (Å²) >= 11 is 1.63. The van der Waals surface area contributed by atoms with Crippen LogP contribution in [-0.2, 0) is 6.42 Å². The average molecular weight is 183 g/mol. The molecule has 1 fully saturated rings. The van der Waals surface area contributed by atoms with Crippen molar-refractivity contribution in [1.82, 2.24) is 4.98 Å². The number of rotatable bonds is 3. The lowest BCUT2D eigenvalue weighted by Crippen LogP contribution is -2.13. The van der Waals surface area contributed by atoms with Gasteiger partial charge in [-0.2, -0.15) is 0 Å². The summed E-state index contributed by atoms with van der Waals surface area (Å²) < 4.78 is 0. The van der Waals surface area contributed by atoms with E-state index in [1.54, 1.807) is 17.5 Å². The summed E-state index contributed by atoms with van der Waals surface area (Å²) in [6.07, 6.45) is 3.56. The Labute approximate surface area is 76.3 Å². The van der Waals surface area contributed by atoms with E-state index in [1.807, 2.05) is 5.38 Å². The fourth-order valence-corrected chi connectivity index (χ4v) is 2.24. The summed E-state index contributed by atoms with van der Waals surface area (Å²) in [5, 5.41) is 12.7.